The molecular weight excluding hydrogens is 336 g/mol. The lowest BCUT2D eigenvalue weighted by molar-refractivity contribution is 0.0220. The van der Waals surface area contributed by atoms with E-state index in [0.29, 0.717) is 24.6 Å². The third kappa shape index (κ3) is 3.34. The zero-order valence-corrected chi connectivity index (χ0v) is 16.2. The summed E-state index contributed by atoms with van der Waals surface area (Å²) < 4.78 is 26.9. The van der Waals surface area contributed by atoms with Crippen LogP contribution in [-0.2, 0) is 10.0 Å². The van der Waals surface area contributed by atoms with E-state index in [1.165, 1.54) is 23.6 Å². The molecule has 0 spiro atoms. The average Bonchev–Trinajstić information content (AvgIpc) is 2.49. The first kappa shape index (κ1) is 18.4. The summed E-state index contributed by atoms with van der Waals surface area (Å²) in [6, 6.07) is 4.90. The van der Waals surface area contributed by atoms with E-state index in [-0.39, 0.29) is 10.8 Å². The summed E-state index contributed by atoms with van der Waals surface area (Å²) in [5.74, 6) is 1.39. The van der Waals surface area contributed by atoms with Gasteiger partial charge in [0.05, 0.1) is 4.90 Å². The number of likely N-dealkylation sites (tertiary alicyclic amines) is 1. The van der Waals surface area contributed by atoms with Crippen LogP contribution in [0.25, 0.3) is 0 Å². The van der Waals surface area contributed by atoms with Crippen molar-refractivity contribution in [3.05, 3.63) is 29.3 Å². The van der Waals surface area contributed by atoms with Gasteiger partial charge in [0, 0.05) is 31.7 Å². The first-order chi connectivity index (χ1) is 11.9. The first-order valence-electron chi connectivity index (χ1n) is 9.28. The van der Waals surface area contributed by atoms with Crippen molar-refractivity contribution in [1.29, 1.82) is 0 Å². The van der Waals surface area contributed by atoms with Gasteiger partial charge in [-0.3, -0.25) is 4.79 Å². The number of amides is 1. The van der Waals surface area contributed by atoms with Crippen LogP contribution in [0.1, 0.15) is 49.0 Å². The standard InChI is InChI=1S/C19H28N2O3S/c1-4-21(5-2)25(23,24)17-10-9-14(3)18(11-17)19(22)20-12-16(13-20)15-7-6-8-15/h9-11,15-16H,4-8,12-13H2,1-3H3. The fraction of sp³-hybridized carbons (Fsp3) is 0.632. The van der Waals surface area contributed by atoms with Crippen LogP contribution in [0.2, 0.25) is 0 Å². The summed E-state index contributed by atoms with van der Waals surface area (Å²) in [5.41, 5.74) is 1.34. The van der Waals surface area contributed by atoms with Gasteiger partial charge in [0.2, 0.25) is 10.0 Å². The number of carbonyl (C=O) groups is 1. The number of hydrogen-bond donors (Lipinski definition) is 0. The lowest BCUT2D eigenvalue weighted by Crippen LogP contribution is -2.53. The van der Waals surface area contributed by atoms with E-state index in [1.807, 2.05) is 25.7 Å². The van der Waals surface area contributed by atoms with E-state index >= 15 is 0 Å². The second-order valence-corrected chi connectivity index (χ2v) is 9.17. The van der Waals surface area contributed by atoms with Crippen molar-refractivity contribution in [2.75, 3.05) is 26.2 Å². The molecule has 2 fully saturated rings. The predicted molar refractivity (Wildman–Crippen MR) is 98.0 cm³/mol. The average molecular weight is 365 g/mol. The normalized spacial score (nSPS) is 19.0. The summed E-state index contributed by atoms with van der Waals surface area (Å²) in [5, 5.41) is 0. The van der Waals surface area contributed by atoms with E-state index in [2.05, 4.69) is 0 Å². The van der Waals surface area contributed by atoms with Crippen molar-refractivity contribution in [2.24, 2.45) is 11.8 Å². The highest BCUT2D eigenvalue weighted by Gasteiger charge is 2.39. The highest BCUT2D eigenvalue weighted by Crippen LogP contribution is 2.38. The monoisotopic (exact) mass is 364 g/mol. The Labute approximate surface area is 151 Å². The van der Waals surface area contributed by atoms with Crippen LogP contribution < -0.4 is 0 Å². The van der Waals surface area contributed by atoms with Crippen LogP contribution in [-0.4, -0.2) is 49.7 Å². The lowest BCUT2D eigenvalue weighted by atomic mass is 9.72. The Morgan fingerprint density at radius 1 is 1.16 bits per heavy atom. The lowest BCUT2D eigenvalue weighted by Gasteiger charge is -2.46. The minimum Gasteiger partial charge on any atom is -0.338 e. The van der Waals surface area contributed by atoms with Crippen LogP contribution in [0.5, 0.6) is 0 Å². The van der Waals surface area contributed by atoms with Crippen molar-refractivity contribution in [2.45, 2.75) is 44.9 Å². The van der Waals surface area contributed by atoms with E-state index in [0.717, 1.165) is 24.6 Å². The third-order valence-electron chi connectivity index (χ3n) is 5.80. The summed E-state index contributed by atoms with van der Waals surface area (Å²) in [6.45, 7) is 7.98. The largest absolute Gasteiger partial charge is 0.338 e. The minimum atomic E-state index is -3.54. The Morgan fingerprint density at radius 3 is 2.32 bits per heavy atom. The topological polar surface area (TPSA) is 57.7 Å². The smallest absolute Gasteiger partial charge is 0.254 e. The molecule has 138 valence electrons. The van der Waals surface area contributed by atoms with Crippen molar-refractivity contribution in [3.63, 3.8) is 0 Å². The quantitative estimate of drug-likeness (QED) is 0.780. The number of hydrogen-bond acceptors (Lipinski definition) is 3. The number of aryl methyl sites for hydroxylation is 1. The van der Waals surface area contributed by atoms with Crippen LogP contribution in [0.3, 0.4) is 0 Å². The molecule has 0 atom stereocenters. The molecule has 3 rings (SSSR count). The second-order valence-electron chi connectivity index (χ2n) is 7.23. The van der Waals surface area contributed by atoms with Crippen molar-refractivity contribution >= 4 is 15.9 Å². The van der Waals surface area contributed by atoms with Gasteiger partial charge in [-0.15, -0.1) is 0 Å². The zero-order chi connectivity index (χ0) is 18.2. The maximum Gasteiger partial charge on any atom is 0.254 e. The molecule has 1 aromatic carbocycles. The zero-order valence-electron chi connectivity index (χ0n) is 15.4. The number of sulfonamides is 1. The minimum absolute atomic E-state index is 0.0373. The molecule has 1 aromatic rings. The third-order valence-corrected chi connectivity index (χ3v) is 7.84. The van der Waals surface area contributed by atoms with Gasteiger partial charge in [-0.2, -0.15) is 4.31 Å². The van der Waals surface area contributed by atoms with Crippen LogP contribution in [0.4, 0.5) is 0 Å². The maximum atomic E-state index is 12.8. The molecular formula is C19H28N2O3S. The summed E-state index contributed by atoms with van der Waals surface area (Å²) in [7, 11) is -3.54. The molecule has 0 bridgehead atoms. The molecule has 5 nitrogen and oxygen atoms in total. The maximum absolute atomic E-state index is 12.8. The molecule has 0 aromatic heterocycles. The molecule has 25 heavy (non-hydrogen) atoms. The van der Waals surface area contributed by atoms with Gasteiger partial charge in [-0.1, -0.05) is 39.2 Å². The van der Waals surface area contributed by atoms with E-state index < -0.39 is 10.0 Å². The first-order valence-corrected chi connectivity index (χ1v) is 10.7. The van der Waals surface area contributed by atoms with Crippen LogP contribution >= 0.6 is 0 Å². The van der Waals surface area contributed by atoms with Gasteiger partial charge in [-0.05, 0) is 36.5 Å². The molecule has 1 amide bonds. The predicted octanol–water partition coefficient (Wildman–Crippen LogP) is 2.90. The molecule has 1 saturated heterocycles. The molecule has 1 saturated carbocycles. The van der Waals surface area contributed by atoms with E-state index in [4.69, 9.17) is 0 Å². The number of nitrogens with zero attached hydrogens (tertiary/aromatic N) is 2. The highest BCUT2D eigenvalue weighted by molar-refractivity contribution is 7.89. The second kappa shape index (κ2) is 7.08. The fourth-order valence-electron chi connectivity index (χ4n) is 3.76. The Kier molecular flexibility index (Phi) is 5.21. The summed E-state index contributed by atoms with van der Waals surface area (Å²) in [6.07, 6.45) is 3.91. The van der Waals surface area contributed by atoms with Crippen molar-refractivity contribution in [3.8, 4) is 0 Å². The molecule has 2 aliphatic rings. The van der Waals surface area contributed by atoms with Gasteiger partial charge >= 0.3 is 0 Å². The molecule has 0 radical (unpaired) electrons. The van der Waals surface area contributed by atoms with Crippen LogP contribution in [0, 0.1) is 18.8 Å². The van der Waals surface area contributed by atoms with Gasteiger partial charge in [-0.25, -0.2) is 8.42 Å². The summed E-state index contributed by atoms with van der Waals surface area (Å²) in [4.78, 5) is 14.9. The summed E-state index contributed by atoms with van der Waals surface area (Å²) >= 11 is 0. The Morgan fingerprint density at radius 2 is 1.80 bits per heavy atom. The molecule has 1 heterocycles. The Hall–Kier alpha value is -1.40. The number of carbonyl (C=O) groups excluding carboxylic acids is 1. The van der Waals surface area contributed by atoms with Crippen LogP contribution in [0.15, 0.2) is 23.1 Å². The van der Waals surface area contributed by atoms with Gasteiger partial charge in [0.15, 0.2) is 0 Å². The Bertz CT molecular complexity index is 746. The number of benzene rings is 1. The molecule has 6 heteroatoms. The van der Waals surface area contributed by atoms with Gasteiger partial charge < -0.3 is 4.90 Å². The van der Waals surface area contributed by atoms with Gasteiger partial charge in [0.1, 0.15) is 0 Å². The van der Waals surface area contributed by atoms with Crippen molar-refractivity contribution < 1.29 is 13.2 Å². The molecule has 0 N–H and O–H groups in total. The molecule has 1 aliphatic heterocycles. The molecule has 1 aliphatic carbocycles. The fourth-order valence-corrected chi connectivity index (χ4v) is 5.25. The SMILES string of the molecule is CCN(CC)S(=O)(=O)c1ccc(C)c(C(=O)N2CC(C3CCC3)C2)c1. The van der Waals surface area contributed by atoms with Gasteiger partial charge in [0.25, 0.3) is 5.91 Å². The number of rotatable bonds is 6. The van der Waals surface area contributed by atoms with Crippen molar-refractivity contribution in [1.82, 2.24) is 9.21 Å². The highest BCUT2D eigenvalue weighted by atomic mass is 32.2. The Balaban J connectivity index is 1.79. The van der Waals surface area contributed by atoms with E-state index in [9.17, 15) is 13.2 Å². The van der Waals surface area contributed by atoms with E-state index in [1.54, 1.807) is 18.2 Å². The molecule has 0 unspecified atom stereocenters.